The maximum absolute atomic E-state index is 8.80. The molecule has 5 nitrogen and oxygen atoms in total. The van der Waals surface area contributed by atoms with Crippen LogP contribution in [0.5, 0.6) is 0 Å². The van der Waals surface area contributed by atoms with Crippen molar-refractivity contribution in [3.05, 3.63) is 0 Å². The lowest BCUT2D eigenvalue weighted by molar-refractivity contribution is 0.112. The zero-order chi connectivity index (χ0) is 13.0. The minimum atomic E-state index is 0.0978. The van der Waals surface area contributed by atoms with Gasteiger partial charge in [-0.05, 0) is 25.3 Å². The van der Waals surface area contributed by atoms with Gasteiger partial charge in [-0.25, -0.2) is 0 Å². The molecule has 3 N–H and O–H groups in total. The second-order valence-electron chi connectivity index (χ2n) is 5.56. The molecule has 1 heterocycles. The molecule has 0 bridgehead atoms. The van der Waals surface area contributed by atoms with Crippen LogP contribution in [0.4, 0.5) is 0 Å². The summed E-state index contributed by atoms with van der Waals surface area (Å²) in [6.45, 7) is 7.61. The number of nitrogens with two attached hydrogens (primary N) is 1. The minimum Gasteiger partial charge on any atom is -0.409 e. The van der Waals surface area contributed by atoms with Crippen molar-refractivity contribution in [1.29, 1.82) is 0 Å². The molecular formula is C13H26N4O. The molecule has 1 saturated heterocycles. The Hall–Kier alpha value is -0.810. The van der Waals surface area contributed by atoms with Crippen LogP contribution in [0.1, 0.15) is 32.6 Å². The first-order chi connectivity index (χ1) is 8.74. The molecule has 5 heteroatoms. The van der Waals surface area contributed by atoms with E-state index in [1.807, 2.05) is 0 Å². The van der Waals surface area contributed by atoms with Crippen LogP contribution < -0.4 is 5.73 Å². The van der Waals surface area contributed by atoms with Gasteiger partial charge in [0.05, 0.1) is 6.04 Å². The van der Waals surface area contributed by atoms with Gasteiger partial charge in [0.2, 0.25) is 0 Å². The third-order valence-electron chi connectivity index (χ3n) is 4.24. The maximum Gasteiger partial charge on any atom is 0.156 e. The topological polar surface area (TPSA) is 65.1 Å². The van der Waals surface area contributed by atoms with Gasteiger partial charge in [0.25, 0.3) is 0 Å². The van der Waals surface area contributed by atoms with Crippen molar-refractivity contribution in [3.8, 4) is 0 Å². The lowest BCUT2D eigenvalue weighted by Gasteiger charge is -2.38. The summed E-state index contributed by atoms with van der Waals surface area (Å²) in [6.07, 6.45) is 5.16. The van der Waals surface area contributed by atoms with Crippen LogP contribution in [-0.2, 0) is 0 Å². The van der Waals surface area contributed by atoms with Crippen LogP contribution in [0.2, 0.25) is 0 Å². The van der Waals surface area contributed by atoms with E-state index in [0.717, 1.165) is 38.5 Å². The van der Waals surface area contributed by atoms with E-state index in [1.54, 1.807) is 0 Å². The van der Waals surface area contributed by atoms with E-state index in [2.05, 4.69) is 21.9 Å². The Kier molecular flexibility index (Phi) is 4.83. The monoisotopic (exact) mass is 254 g/mol. The van der Waals surface area contributed by atoms with Crippen molar-refractivity contribution in [2.75, 3.05) is 32.7 Å². The van der Waals surface area contributed by atoms with E-state index in [9.17, 15) is 0 Å². The van der Waals surface area contributed by atoms with Gasteiger partial charge in [-0.1, -0.05) is 24.9 Å². The Balaban J connectivity index is 1.73. The van der Waals surface area contributed by atoms with Gasteiger partial charge in [0, 0.05) is 26.2 Å². The molecule has 1 saturated carbocycles. The molecule has 18 heavy (non-hydrogen) atoms. The summed E-state index contributed by atoms with van der Waals surface area (Å²) in [4.78, 5) is 4.89. The third-order valence-corrected chi connectivity index (χ3v) is 4.24. The maximum atomic E-state index is 8.80. The Morgan fingerprint density at radius 2 is 2.00 bits per heavy atom. The first kappa shape index (κ1) is 13.6. The molecule has 1 aliphatic heterocycles. The molecule has 1 aliphatic carbocycles. The number of amidine groups is 1. The third kappa shape index (κ3) is 3.59. The van der Waals surface area contributed by atoms with Crippen molar-refractivity contribution in [2.24, 2.45) is 16.8 Å². The summed E-state index contributed by atoms with van der Waals surface area (Å²) in [5.74, 6) is 1.37. The van der Waals surface area contributed by atoms with Crippen LogP contribution in [0.3, 0.4) is 0 Å². The van der Waals surface area contributed by atoms with Gasteiger partial charge in [-0.15, -0.1) is 0 Å². The number of piperazine rings is 1. The first-order valence-electron chi connectivity index (χ1n) is 7.18. The highest BCUT2D eigenvalue weighted by Crippen LogP contribution is 2.32. The molecule has 0 aromatic rings. The van der Waals surface area contributed by atoms with E-state index >= 15 is 0 Å². The second-order valence-corrected chi connectivity index (χ2v) is 5.56. The number of nitrogens with zero attached hydrogens (tertiary/aromatic N) is 3. The molecule has 0 radical (unpaired) electrons. The highest BCUT2D eigenvalue weighted by atomic mass is 16.4. The van der Waals surface area contributed by atoms with Crippen LogP contribution in [0, 0.1) is 5.92 Å². The smallest absolute Gasteiger partial charge is 0.156 e. The standard InChI is InChI=1S/C13H26N4O/c1-2-12(13(14)15-18)17-9-7-16(8-10-17)6-5-11-3-4-11/h11-12,18H,2-10H2,1H3,(H2,14,15). The molecule has 1 atom stereocenters. The predicted octanol–water partition coefficient (Wildman–Crippen LogP) is 0.929. The van der Waals surface area contributed by atoms with Crippen LogP contribution in [0.25, 0.3) is 0 Å². The summed E-state index contributed by atoms with van der Waals surface area (Å²) in [5.41, 5.74) is 5.74. The van der Waals surface area contributed by atoms with Gasteiger partial charge < -0.3 is 15.8 Å². The SMILES string of the molecule is CCC(C(N)=NO)N1CCN(CCC2CC2)CC1. The number of rotatable bonds is 6. The molecule has 2 rings (SSSR count). The highest BCUT2D eigenvalue weighted by Gasteiger charge is 2.27. The molecule has 0 spiro atoms. The number of hydrogen-bond acceptors (Lipinski definition) is 4. The Morgan fingerprint density at radius 3 is 2.50 bits per heavy atom. The fraction of sp³-hybridized carbons (Fsp3) is 0.923. The van der Waals surface area contributed by atoms with E-state index < -0.39 is 0 Å². The molecule has 0 aromatic carbocycles. The quantitative estimate of drug-likeness (QED) is 0.320. The zero-order valence-corrected chi connectivity index (χ0v) is 11.4. The Morgan fingerprint density at radius 1 is 1.33 bits per heavy atom. The van der Waals surface area contributed by atoms with Gasteiger partial charge in [0.1, 0.15) is 0 Å². The highest BCUT2D eigenvalue weighted by molar-refractivity contribution is 5.85. The van der Waals surface area contributed by atoms with Crippen LogP contribution >= 0.6 is 0 Å². The van der Waals surface area contributed by atoms with Gasteiger partial charge in [-0.2, -0.15) is 0 Å². The fourth-order valence-electron chi connectivity index (χ4n) is 2.79. The summed E-state index contributed by atoms with van der Waals surface area (Å²) in [7, 11) is 0. The zero-order valence-electron chi connectivity index (χ0n) is 11.4. The molecular weight excluding hydrogens is 228 g/mol. The Bertz CT molecular complexity index is 283. The van der Waals surface area contributed by atoms with Crippen molar-refractivity contribution in [1.82, 2.24) is 9.80 Å². The van der Waals surface area contributed by atoms with E-state index in [0.29, 0.717) is 5.84 Å². The van der Waals surface area contributed by atoms with Crippen molar-refractivity contribution >= 4 is 5.84 Å². The molecule has 2 fully saturated rings. The van der Waals surface area contributed by atoms with Crippen molar-refractivity contribution in [3.63, 3.8) is 0 Å². The summed E-state index contributed by atoms with van der Waals surface area (Å²) < 4.78 is 0. The predicted molar refractivity (Wildman–Crippen MR) is 72.8 cm³/mol. The molecule has 1 unspecified atom stereocenters. The van der Waals surface area contributed by atoms with Gasteiger partial charge >= 0.3 is 0 Å². The summed E-state index contributed by atoms with van der Waals surface area (Å²) in [5, 5.41) is 12.0. The summed E-state index contributed by atoms with van der Waals surface area (Å²) >= 11 is 0. The number of oxime groups is 1. The van der Waals surface area contributed by atoms with Crippen LogP contribution in [0.15, 0.2) is 5.16 Å². The lowest BCUT2D eigenvalue weighted by atomic mass is 10.1. The van der Waals surface area contributed by atoms with Crippen molar-refractivity contribution in [2.45, 2.75) is 38.6 Å². The normalized spacial score (nSPS) is 25.3. The van der Waals surface area contributed by atoms with E-state index in [-0.39, 0.29) is 6.04 Å². The minimum absolute atomic E-state index is 0.0978. The first-order valence-corrected chi connectivity index (χ1v) is 7.18. The van der Waals surface area contributed by atoms with Crippen LogP contribution in [-0.4, -0.2) is 59.6 Å². The molecule has 104 valence electrons. The average molecular weight is 254 g/mol. The molecule has 0 aromatic heterocycles. The van der Waals surface area contributed by atoms with Crippen molar-refractivity contribution < 1.29 is 5.21 Å². The largest absolute Gasteiger partial charge is 0.409 e. The van der Waals surface area contributed by atoms with E-state index in [4.69, 9.17) is 10.9 Å². The number of hydrogen-bond donors (Lipinski definition) is 2. The Labute approximate surface area is 110 Å². The fourth-order valence-corrected chi connectivity index (χ4v) is 2.79. The second kappa shape index (κ2) is 6.38. The van der Waals surface area contributed by atoms with Gasteiger partial charge in [0.15, 0.2) is 5.84 Å². The molecule has 0 amide bonds. The molecule has 2 aliphatic rings. The average Bonchev–Trinajstić information content (AvgIpc) is 3.22. The lowest BCUT2D eigenvalue weighted by Crippen LogP contribution is -2.54. The summed E-state index contributed by atoms with van der Waals surface area (Å²) in [6, 6.07) is 0.0978. The van der Waals surface area contributed by atoms with Gasteiger partial charge in [-0.3, -0.25) is 4.90 Å². The van der Waals surface area contributed by atoms with E-state index in [1.165, 1.54) is 25.8 Å².